The number of nitrogens with one attached hydrogen (secondary N) is 2. The number of aromatic nitrogens is 2. The highest BCUT2D eigenvalue weighted by molar-refractivity contribution is 14.0. The van der Waals surface area contributed by atoms with E-state index < -0.39 is 0 Å². The number of halogens is 2. The third-order valence-electron chi connectivity index (χ3n) is 4.28. The molecule has 1 aliphatic rings. The highest BCUT2D eigenvalue weighted by Gasteiger charge is 2.15. The summed E-state index contributed by atoms with van der Waals surface area (Å²) in [7, 11) is 1.78. The first-order valence-electron chi connectivity index (χ1n) is 8.53. The van der Waals surface area contributed by atoms with E-state index in [9.17, 15) is 4.39 Å². The molecule has 26 heavy (non-hydrogen) atoms. The molecule has 1 aliphatic heterocycles. The van der Waals surface area contributed by atoms with Crippen molar-refractivity contribution in [3.05, 3.63) is 47.5 Å². The second-order valence-corrected chi connectivity index (χ2v) is 7.51. The van der Waals surface area contributed by atoms with E-state index >= 15 is 0 Å². The molecule has 0 saturated carbocycles. The number of rotatable bonds is 5. The second kappa shape index (κ2) is 10.1. The monoisotopic (exact) mass is 489 g/mol. The number of guanidine groups is 1. The Morgan fingerprint density at radius 1 is 1.35 bits per heavy atom. The molecule has 3 rings (SSSR count). The molecule has 0 radical (unpaired) electrons. The predicted octanol–water partition coefficient (Wildman–Crippen LogP) is 3.50. The predicted molar refractivity (Wildman–Crippen MR) is 117 cm³/mol. The Morgan fingerprint density at radius 3 is 2.77 bits per heavy atom. The Bertz CT molecular complexity index is 726. The number of hydrogen-bond acceptors (Lipinski definition) is 3. The van der Waals surface area contributed by atoms with Crippen LogP contribution >= 0.6 is 35.7 Å². The molecule has 0 spiro atoms. The first-order valence-corrected chi connectivity index (χ1v) is 9.58. The zero-order valence-corrected chi connectivity index (χ0v) is 18.2. The van der Waals surface area contributed by atoms with Gasteiger partial charge in [0.25, 0.3) is 0 Å². The molecule has 142 valence electrons. The van der Waals surface area contributed by atoms with Crippen LogP contribution in [0.5, 0.6) is 0 Å². The Balaban J connectivity index is 0.00000243. The topological polar surface area (TPSA) is 54.2 Å². The summed E-state index contributed by atoms with van der Waals surface area (Å²) in [6, 6.07) is 6.33. The maximum absolute atomic E-state index is 13.1. The number of thioether (sulfide) groups is 1. The zero-order chi connectivity index (χ0) is 17.6. The number of nitrogens with zero attached hydrogens (tertiary/aromatic N) is 3. The minimum atomic E-state index is -0.246. The average molecular weight is 489 g/mol. The lowest BCUT2D eigenvalue weighted by Crippen LogP contribution is -2.39. The van der Waals surface area contributed by atoms with E-state index in [1.165, 1.54) is 30.7 Å². The molecular formula is C18H25FIN5S. The van der Waals surface area contributed by atoms with Gasteiger partial charge in [-0.05, 0) is 49.8 Å². The van der Waals surface area contributed by atoms with Crippen molar-refractivity contribution in [1.29, 1.82) is 0 Å². The summed E-state index contributed by atoms with van der Waals surface area (Å²) in [6.45, 7) is 3.56. The van der Waals surface area contributed by atoms with E-state index in [-0.39, 0.29) is 29.8 Å². The quantitative estimate of drug-likeness (QED) is 0.384. The van der Waals surface area contributed by atoms with Crippen molar-refractivity contribution in [3.63, 3.8) is 0 Å². The SMILES string of the molecule is CN=C(NCc1cn(-c2ccc(F)cc2)nc1C)NCC1CCCS1.I. The fourth-order valence-corrected chi connectivity index (χ4v) is 4.01. The van der Waals surface area contributed by atoms with Crippen LogP contribution in [-0.2, 0) is 6.54 Å². The number of hydrogen-bond donors (Lipinski definition) is 2. The summed E-state index contributed by atoms with van der Waals surface area (Å²) < 4.78 is 14.8. The van der Waals surface area contributed by atoms with Gasteiger partial charge < -0.3 is 10.6 Å². The summed E-state index contributed by atoms with van der Waals surface area (Å²) >= 11 is 2.03. The van der Waals surface area contributed by atoms with Crippen LogP contribution in [0.3, 0.4) is 0 Å². The van der Waals surface area contributed by atoms with Gasteiger partial charge in [0.05, 0.1) is 11.4 Å². The molecule has 5 nitrogen and oxygen atoms in total. The smallest absolute Gasteiger partial charge is 0.191 e. The Kier molecular flexibility index (Phi) is 8.20. The number of aliphatic imine (C=N–C) groups is 1. The van der Waals surface area contributed by atoms with Crippen molar-refractivity contribution in [1.82, 2.24) is 20.4 Å². The molecule has 1 aromatic carbocycles. The molecule has 0 amide bonds. The highest BCUT2D eigenvalue weighted by atomic mass is 127. The van der Waals surface area contributed by atoms with Gasteiger partial charge in [-0.25, -0.2) is 9.07 Å². The third-order valence-corrected chi connectivity index (χ3v) is 5.68. The van der Waals surface area contributed by atoms with Gasteiger partial charge in [0.15, 0.2) is 5.96 Å². The molecule has 2 heterocycles. The summed E-state index contributed by atoms with van der Waals surface area (Å²) in [4.78, 5) is 4.28. The van der Waals surface area contributed by atoms with Gasteiger partial charge in [-0.15, -0.1) is 24.0 Å². The van der Waals surface area contributed by atoms with Gasteiger partial charge in [0.2, 0.25) is 0 Å². The minimum absolute atomic E-state index is 0. The standard InChI is InChI=1S/C18H24FN5S.HI/c1-13-14(12-24(23-13)16-7-5-15(19)6-8-16)10-21-18(20-2)22-11-17-4-3-9-25-17;/h5-8,12,17H,3-4,9-11H2,1-2H3,(H2,20,21,22);1H. The van der Waals surface area contributed by atoms with Gasteiger partial charge >= 0.3 is 0 Å². The first-order chi connectivity index (χ1) is 12.2. The summed E-state index contributed by atoms with van der Waals surface area (Å²) in [6.07, 6.45) is 4.55. The molecule has 1 atom stereocenters. The number of benzene rings is 1. The summed E-state index contributed by atoms with van der Waals surface area (Å²) in [5, 5.41) is 11.9. The van der Waals surface area contributed by atoms with Crippen LogP contribution in [0.1, 0.15) is 24.1 Å². The van der Waals surface area contributed by atoms with Crippen molar-refractivity contribution in [2.75, 3.05) is 19.3 Å². The van der Waals surface area contributed by atoms with Gasteiger partial charge in [-0.2, -0.15) is 16.9 Å². The lowest BCUT2D eigenvalue weighted by molar-refractivity contribution is 0.627. The molecule has 1 unspecified atom stereocenters. The zero-order valence-electron chi connectivity index (χ0n) is 15.0. The maximum atomic E-state index is 13.1. The van der Waals surface area contributed by atoms with Crippen LogP contribution in [0.15, 0.2) is 35.5 Å². The van der Waals surface area contributed by atoms with Crippen molar-refractivity contribution in [2.45, 2.75) is 31.6 Å². The van der Waals surface area contributed by atoms with Gasteiger partial charge in [0.1, 0.15) is 5.82 Å². The Morgan fingerprint density at radius 2 is 2.12 bits per heavy atom. The Hall–Kier alpha value is -1.29. The van der Waals surface area contributed by atoms with Gasteiger partial charge in [-0.3, -0.25) is 4.99 Å². The molecule has 8 heteroatoms. The maximum Gasteiger partial charge on any atom is 0.191 e. The normalized spacial score (nSPS) is 17.0. The molecule has 1 fully saturated rings. The van der Waals surface area contributed by atoms with E-state index in [0.29, 0.717) is 11.8 Å². The van der Waals surface area contributed by atoms with E-state index in [0.717, 1.165) is 29.4 Å². The van der Waals surface area contributed by atoms with Gasteiger partial charge in [0, 0.05) is 37.1 Å². The minimum Gasteiger partial charge on any atom is -0.355 e. The second-order valence-electron chi connectivity index (χ2n) is 6.10. The molecule has 2 N–H and O–H groups in total. The van der Waals surface area contributed by atoms with Crippen molar-refractivity contribution >= 4 is 41.7 Å². The lowest BCUT2D eigenvalue weighted by atomic mass is 10.2. The van der Waals surface area contributed by atoms with E-state index in [1.807, 2.05) is 24.9 Å². The molecule has 2 aromatic rings. The van der Waals surface area contributed by atoms with Crippen molar-refractivity contribution in [2.24, 2.45) is 4.99 Å². The van der Waals surface area contributed by atoms with Crippen LogP contribution in [0.25, 0.3) is 5.69 Å². The van der Waals surface area contributed by atoms with Crippen LogP contribution in [0.4, 0.5) is 4.39 Å². The fourth-order valence-electron chi connectivity index (χ4n) is 2.81. The van der Waals surface area contributed by atoms with Crippen LogP contribution in [-0.4, -0.2) is 40.3 Å². The van der Waals surface area contributed by atoms with Crippen molar-refractivity contribution in [3.8, 4) is 5.69 Å². The number of aryl methyl sites for hydroxylation is 1. The lowest BCUT2D eigenvalue weighted by Gasteiger charge is -2.14. The highest BCUT2D eigenvalue weighted by Crippen LogP contribution is 2.25. The molecule has 0 aliphatic carbocycles. The van der Waals surface area contributed by atoms with E-state index in [2.05, 4.69) is 20.7 Å². The first kappa shape index (κ1) is 21.0. The van der Waals surface area contributed by atoms with Gasteiger partial charge in [-0.1, -0.05) is 0 Å². The summed E-state index contributed by atoms with van der Waals surface area (Å²) in [5.74, 6) is 1.83. The van der Waals surface area contributed by atoms with Crippen LogP contribution in [0, 0.1) is 12.7 Å². The molecule has 0 bridgehead atoms. The Labute approximate surface area is 175 Å². The average Bonchev–Trinajstić information content (AvgIpc) is 3.26. The summed E-state index contributed by atoms with van der Waals surface area (Å²) in [5.41, 5.74) is 2.87. The van der Waals surface area contributed by atoms with E-state index in [1.54, 1.807) is 23.9 Å². The largest absolute Gasteiger partial charge is 0.355 e. The van der Waals surface area contributed by atoms with Crippen molar-refractivity contribution < 1.29 is 4.39 Å². The molecule has 1 saturated heterocycles. The van der Waals surface area contributed by atoms with Crippen LogP contribution in [0.2, 0.25) is 0 Å². The fraction of sp³-hybridized carbons (Fsp3) is 0.444. The molecular weight excluding hydrogens is 464 g/mol. The van der Waals surface area contributed by atoms with E-state index in [4.69, 9.17) is 0 Å². The third kappa shape index (κ3) is 5.60. The molecule has 1 aromatic heterocycles. The van der Waals surface area contributed by atoms with Crippen LogP contribution < -0.4 is 10.6 Å².